The standard InChI is InChI=1S/C13H15BrN2O3/c1-13(2)11(17)16(12(18)15-13)7-8-6-9(19-3)4-5-10(8)14/h4-6H,7H2,1-3H3,(H,15,18). The van der Waals surface area contributed by atoms with Crippen LogP contribution >= 0.6 is 15.9 Å². The lowest BCUT2D eigenvalue weighted by molar-refractivity contribution is -0.130. The number of nitrogens with one attached hydrogen (secondary N) is 1. The molecule has 1 saturated heterocycles. The van der Waals surface area contributed by atoms with Crippen LogP contribution in [0, 0.1) is 0 Å². The van der Waals surface area contributed by atoms with Gasteiger partial charge in [-0.1, -0.05) is 15.9 Å². The van der Waals surface area contributed by atoms with Gasteiger partial charge >= 0.3 is 6.03 Å². The van der Waals surface area contributed by atoms with Crippen molar-refractivity contribution in [3.8, 4) is 5.75 Å². The van der Waals surface area contributed by atoms with Gasteiger partial charge in [-0.25, -0.2) is 4.79 Å². The van der Waals surface area contributed by atoms with Crippen molar-refractivity contribution in [1.82, 2.24) is 10.2 Å². The van der Waals surface area contributed by atoms with Crippen LogP contribution in [-0.2, 0) is 11.3 Å². The van der Waals surface area contributed by atoms with Gasteiger partial charge in [-0.3, -0.25) is 9.69 Å². The summed E-state index contributed by atoms with van der Waals surface area (Å²) in [7, 11) is 1.57. The smallest absolute Gasteiger partial charge is 0.325 e. The number of amides is 3. The molecule has 3 amide bonds. The van der Waals surface area contributed by atoms with Crippen molar-refractivity contribution in [3.63, 3.8) is 0 Å². The Morgan fingerprint density at radius 1 is 1.37 bits per heavy atom. The molecule has 1 aromatic rings. The van der Waals surface area contributed by atoms with E-state index in [-0.39, 0.29) is 18.5 Å². The summed E-state index contributed by atoms with van der Waals surface area (Å²) in [4.78, 5) is 25.1. The molecule has 0 saturated carbocycles. The molecular weight excluding hydrogens is 312 g/mol. The monoisotopic (exact) mass is 326 g/mol. The van der Waals surface area contributed by atoms with Crippen LogP contribution in [0.5, 0.6) is 5.75 Å². The molecule has 2 rings (SSSR count). The summed E-state index contributed by atoms with van der Waals surface area (Å²) in [5.41, 5.74) is -0.0249. The third-order valence-electron chi connectivity index (χ3n) is 3.03. The zero-order valence-electron chi connectivity index (χ0n) is 11.0. The van der Waals surface area contributed by atoms with Gasteiger partial charge < -0.3 is 10.1 Å². The molecular formula is C13H15BrN2O3. The minimum Gasteiger partial charge on any atom is -0.497 e. The Hall–Kier alpha value is -1.56. The Bertz CT molecular complexity index is 543. The largest absolute Gasteiger partial charge is 0.497 e. The highest BCUT2D eigenvalue weighted by molar-refractivity contribution is 9.10. The van der Waals surface area contributed by atoms with E-state index in [1.165, 1.54) is 4.90 Å². The molecule has 1 aliphatic rings. The number of methoxy groups -OCH3 is 1. The van der Waals surface area contributed by atoms with E-state index in [2.05, 4.69) is 21.2 Å². The van der Waals surface area contributed by atoms with Gasteiger partial charge in [0, 0.05) is 4.47 Å². The van der Waals surface area contributed by atoms with Crippen LogP contribution in [0.1, 0.15) is 19.4 Å². The fourth-order valence-electron chi connectivity index (χ4n) is 1.93. The molecule has 1 aromatic carbocycles. The number of rotatable bonds is 3. The molecule has 0 spiro atoms. The predicted octanol–water partition coefficient (Wildman–Crippen LogP) is 2.29. The second kappa shape index (κ2) is 4.85. The number of nitrogens with zero attached hydrogens (tertiary/aromatic N) is 1. The number of imide groups is 1. The number of halogens is 1. The summed E-state index contributed by atoms with van der Waals surface area (Å²) in [5.74, 6) is 0.455. The van der Waals surface area contributed by atoms with Crippen molar-refractivity contribution in [2.45, 2.75) is 25.9 Å². The summed E-state index contributed by atoms with van der Waals surface area (Å²) < 4.78 is 5.98. The number of ether oxygens (including phenoxy) is 1. The first-order chi connectivity index (χ1) is 8.85. The summed E-state index contributed by atoms with van der Waals surface area (Å²) in [5, 5.41) is 2.65. The van der Waals surface area contributed by atoms with E-state index in [0.29, 0.717) is 5.75 Å². The van der Waals surface area contributed by atoms with Crippen molar-refractivity contribution in [2.24, 2.45) is 0 Å². The van der Waals surface area contributed by atoms with Gasteiger partial charge in [0.05, 0.1) is 13.7 Å². The Labute approximate surface area is 120 Å². The molecule has 6 heteroatoms. The van der Waals surface area contributed by atoms with E-state index in [1.807, 2.05) is 12.1 Å². The molecule has 0 aliphatic carbocycles. The SMILES string of the molecule is COc1ccc(Br)c(CN2C(=O)NC(C)(C)C2=O)c1. The van der Waals surface area contributed by atoms with Crippen LogP contribution in [0.4, 0.5) is 4.79 Å². The zero-order chi connectivity index (χ0) is 14.2. The minimum atomic E-state index is -0.845. The third-order valence-corrected chi connectivity index (χ3v) is 3.80. The van der Waals surface area contributed by atoms with E-state index in [0.717, 1.165) is 10.0 Å². The van der Waals surface area contributed by atoms with Crippen molar-refractivity contribution in [2.75, 3.05) is 7.11 Å². The van der Waals surface area contributed by atoms with E-state index < -0.39 is 5.54 Å². The van der Waals surface area contributed by atoms with Crippen molar-refractivity contribution in [1.29, 1.82) is 0 Å². The number of hydrogen-bond donors (Lipinski definition) is 1. The second-order valence-electron chi connectivity index (χ2n) is 4.90. The van der Waals surface area contributed by atoms with Crippen LogP contribution in [0.3, 0.4) is 0 Å². The van der Waals surface area contributed by atoms with Crippen molar-refractivity contribution < 1.29 is 14.3 Å². The number of carbonyl (C=O) groups excluding carboxylic acids is 2. The number of carbonyl (C=O) groups is 2. The maximum atomic E-state index is 12.1. The van der Waals surface area contributed by atoms with Gasteiger partial charge in [-0.2, -0.15) is 0 Å². The Morgan fingerprint density at radius 3 is 2.58 bits per heavy atom. The quantitative estimate of drug-likeness (QED) is 0.867. The second-order valence-corrected chi connectivity index (χ2v) is 5.76. The average molecular weight is 327 g/mol. The highest BCUT2D eigenvalue weighted by Crippen LogP contribution is 2.26. The molecule has 19 heavy (non-hydrogen) atoms. The van der Waals surface area contributed by atoms with Gasteiger partial charge in [-0.15, -0.1) is 0 Å². The lowest BCUT2D eigenvalue weighted by Crippen LogP contribution is -2.40. The maximum absolute atomic E-state index is 12.1. The van der Waals surface area contributed by atoms with Gasteiger partial charge in [-0.05, 0) is 37.6 Å². The molecule has 0 atom stereocenters. The summed E-state index contributed by atoms with van der Waals surface area (Å²) in [6.07, 6.45) is 0. The first-order valence-corrected chi connectivity index (χ1v) is 6.61. The van der Waals surface area contributed by atoms with E-state index >= 15 is 0 Å². The van der Waals surface area contributed by atoms with Gasteiger partial charge in [0.2, 0.25) is 0 Å². The first-order valence-electron chi connectivity index (χ1n) is 5.81. The molecule has 102 valence electrons. The van der Waals surface area contributed by atoms with Gasteiger partial charge in [0.1, 0.15) is 11.3 Å². The summed E-state index contributed by atoms with van der Waals surface area (Å²) in [6, 6.07) is 5.07. The predicted molar refractivity (Wildman–Crippen MR) is 73.9 cm³/mol. The highest BCUT2D eigenvalue weighted by Gasteiger charge is 2.44. The number of benzene rings is 1. The van der Waals surface area contributed by atoms with E-state index in [1.54, 1.807) is 27.0 Å². The molecule has 0 unspecified atom stereocenters. The maximum Gasteiger partial charge on any atom is 0.325 e. The Kier molecular flexibility index (Phi) is 3.54. The molecule has 1 aliphatic heterocycles. The van der Waals surface area contributed by atoms with Crippen LogP contribution in [-0.4, -0.2) is 29.5 Å². The van der Waals surface area contributed by atoms with Gasteiger partial charge in [0.15, 0.2) is 0 Å². The van der Waals surface area contributed by atoms with E-state index in [4.69, 9.17) is 4.74 Å². The molecule has 1 heterocycles. The van der Waals surface area contributed by atoms with Crippen LogP contribution in [0.25, 0.3) is 0 Å². The molecule has 1 fully saturated rings. The topological polar surface area (TPSA) is 58.6 Å². The molecule has 1 N–H and O–H groups in total. The Balaban J connectivity index is 2.27. The van der Waals surface area contributed by atoms with Gasteiger partial charge in [0.25, 0.3) is 5.91 Å². The Morgan fingerprint density at radius 2 is 2.05 bits per heavy atom. The number of urea groups is 1. The molecule has 5 nitrogen and oxygen atoms in total. The first kappa shape index (κ1) is 13.9. The third kappa shape index (κ3) is 2.58. The summed E-state index contributed by atoms with van der Waals surface area (Å²) in [6.45, 7) is 3.59. The molecule has 0 aromatic heterocycles. The van der Waals surface area contributed by atoms with E-state index in [9.17, 15) is 9.59 Å². The molecule has 0 radical (unpaired) electrons. The summed E-state index contributed by atoms with van der Waals surface area (Å²) >= 11 is 3.41. The minimum absolute atomic E-state index is 0.214. The lowest BCUT2D eigenvalue weighted by Gasteiger charge is -2.17. The normalized spacial score (nSPS) is 17.6. The fourth-order valence-corrected chi connectivity index (χ4v) is 2.30. The lowest BCUT2D eigenvalue weighted by atomic mass is 10.1. The molecule has 0 bridgehead atoms. The van der Waals surface area contributed by atoms with Crippen molar-refractivity contribution in [3.05, 3.63) is 28.2 Å². The van der Waals surface area contributed by atoms with Crippen molar-refractivity contribution >= 4 is 27.9 Å². The zero-order valence-corrected chi connectivity index (χ0v) is 12.6. The fraction of sp³-hybridized carbons (Fsp3) is 0.385. The average Bonchev–Trinajstić information content (AvgIpc) is 2.54. The number of hydrogen-bond acceptors (Lipinski definition) is 3. The highest BCUT2D eigenvalue weighted by atomic mass is 79.9. The van der Waals surface area contributed by atoms with Crippen LogP contribution in [0.15, 0.2) is 22.7 Å². The van der Waals surface area contributed by atoms with Crippen LogP contribution in [0.2, 0.25) is 0 Å². The van der Waals surface area contributed by atoms with Crippen LogP contribution < -0.4 is 10.1 Å².